The highest BCUT2D eigenvalue weighted by atomic mass is 35.5. The monoisotopic (exact) mass is 462 g/mol. The number of carbonyl (C=O) groups excluding carboxylic acids is 1. The number of nitrogens with zero attached hydrogens (tertiary/aromatic N) is 4. The van der Waals surface area contributed by atoms with Crippen molar-refractivity contribution in [1.82, 2.24) is 9.88 Å². The van der Waals surface area contributed by atoms with Crippen LogP contribution in [0.5, 0.6) is 5.75 Å². The van der Waals surface area contributed by atoms with Gasteiger partial charge < -0.3 is 14.5 Å². The Bertz CT molecular complexity index is 989. The molecule has 31 heavy (non-hydrogen) atoms. The SMILES string of the molecule is CCOc1ccc2nc(N(CCCN(C)C)C(=O)c3ccc(N(C)C)cc3)sc2c1.Cl. The standard InChI is InChI=1S/C23H30N4O2S.ClH/c1-6-29-19-12-13-20-21(16-19)30-23(24-20)27(15-7-14-25(2)3)22(28)17-8-10-18(11-9-17)26(4)5;/h8-13,16H,6-7,14-15H2,1-5H3;1H. The van der Waals surface area contributed by atoms with E-state index in [1.807, 2.05) is 82.5 Å². The van der Waals surface area contributed by atoms with Gasteiger partial charge in [0.25, 0.3) is 5.91 Å². The number of hydrogen-bond acceptors (Lipinski definition) is 6. The van der Waals surface area contributed by atoms with Gasteiger partial charge in [0.1, 0.15) is 5.75 Å². The molecule has 0 aliphatic rings. The molecule has 0 saturated heterocycles. The summed E-state index contributed by atoms with van der Waals surface area (Å²) in [6.07, 6.45) is 0.870. The molecule has 1 amide bonds. The molecular formula is C23H31ClN4O2S. The van der Waals surface area contributed by atoms with Crippen LogP contribution in [0.25, 0.3) is 10.2 Å². The third kappa shape index (κ3) is 6.32. The number of anilines is 2. The van der Waals surface area contributed by atoms with Crippen molar-refractivity contribution in [3.05, 3.63) is 48.0 Å². The molecule has 168 valence electrons. The van der Waals surface area contributed by atoms with E-state index in [1.165, 1.54) is 11.3 Å². The highest BCUT2D eigenvalue weighted by molar-refractivity contribution is 7.22. The van der Waals surface area contributed by atoms with Crippen molar-refractivity contribution in [3.63, 3.8) is 0 Å². The third-order valence-electron chi connectivity index (χ3n) is 4.75. The lowest BCUT2D eigenvalue weighted by Crippen LogP contribution is -2.33. The van der Waals surface area contributed by atoms with Gasteiger partial charge in [-0.25, -0.2) is 4.98 Å². The van der Waals surface area contributed by atoms with E-state index >= 15 is 0 Å². The van der Waals surface area contributed by atoms with E-state index < -0.39 is 0 Å². The van der Waals surface area contributed by atoms with E-state index in [2.05, 4.69) is 4.90 Å². The Labute approximate surface area is 194 Å². The Balaban J connectivity index is 0.00000341. The van der Waals surface area contributed by atoms with Gasteiger partial charge in [0.2, 0.25) is 0 Å². The fourth-order valence-electron chi connectivity index (χ4n) is 3.15. The number of hydrogen-bond donors (Lipinski definition) is 0. The third-order valence-corrected chi connectivity index (χ3v) is 5.79. The first-order valence-corrected chi connectivity index (χ1v) is 11.0. The molecule has 8 heteroatoms. The largest absolute Gasteiger partial charge is 0.494 e. The molecule has 3 rings (SSSR count). The number of fused-ring (bicyclic) bond motifs is 1. The molecule has 0 unspecified atom stereocenters. The van der Waals surface area contributed by atoms with Crippen LogP contribution in [0.3, 0.4) is 0 Å². The van der Waals surface area contributed by atoms with Gasteiger partial charge in [0, 0.05) is 31.9 Å². The molecule has 2 aromatic carbocycles. The van der Waals surface area contributed by atoms with Gasteiger partial charge in [-0.1, -0.05) is 11.3 Å². The molecule has 0 radical (unpaired) electrons. The van der Waals surface area contributed by atoms with E-state index in [0.717, 1.165) is 39.8 Å². The molecule has 0 N–H and O–H groups in total. The molecule has 1 aromatic heterocycles. The second-order valence-electron chi connectivity index (χ2n) is 7.61. The average Bonchev–Trinajstić information content (AvgIpc) is 3.14. The maximum atomic E-state index is 13.4. The summed E-state index contributed by atoms with van der Waals surface area (Å²) in [5.74, 6) is 0.799. The zero-order chi connectivity index (χ0) is 21.7. The number of ether oxygens (including phenoxy) is 1. The molecule has 3 aromatic rings. The predicted molar refractivity (Wildman–Crippen MR) is 134 cm³/mol. The number of rotatable bonds is 9. The number of carbonyl (C=O) groups is 1. The highest BCUT2D eigenvalue weighted by Crippen LogP contribution is 2.32. The van der Waals surface area contributed by atoms with Crippen molar-refractivity contribution in [3.8, 4) is 5.75 Å². The Hall–Kier alpha value is -2.35. The van der Waals surface area contributed by atoms with E-state index in [-0.39, 0.29) is 18.3 Å². The summed E-state index contributed by atoms with van der Waals surface area (Å²) in [7, 11) is 8.06. The summed E-state index contributed by atoms with van der Waals surface area (Å²) in [4.78, 5) is 24.1. The summed E-state index contributed by atoms with van der Waals surface area (Å²) in [6.45, 7) is 4.11. The smallest absolute Gasteiger partial charge is 0.260 e. The maximum absolute atomic E-state index is 13.4. The normalized spacial score (nSPS) is 10.8. The first-order valence-electron chi connectivity index (χ1n) is 10.2. The molecule has 0 aliphatic carbocycles. The minimum absolute atomic E-state index is 0. The molecule has 0 saturated carbocycles. The van der Waals surface area contributed by atoms with Gasteiger partial charge >= 0.3 is 0 Å². The van der Waals surface area contributed by atoms with Crippen LogP contribution < -0.4 is 14.5 Å². The lowest BCUT2D eigenvalue weighted by Gasteiger charge is -2.21. The summed E-state index contributed by atoms with van der Waals surface area (Å²) < 4.78 is 6.63. The number of halogens is 1. The van der Waals surface area contributed by atoms with Crippen LogP contribution in [-0.2, 0) is 0 Å². The minimum atomic E-state index is -0.0249. The van der Waals surface area contributed by atoms with Gasteiger partial charge in [0.05, 0.1) is 16.8 Å². The zero-order valence-electron chi connectivity index (χ0n) is 18.8. The van der Waals surface area contributed by atoms with Crippen molar-refractivity contribution in [2.24, 2.45) is 0 Å². The molecule has 6 nitrogen and oxygen atoms in total. The Morgan fingerprint density at radius 2 is 1.74 bits per heavy atom. The van der Waals surface area contributed by atoms with Crippen molar-refractivity contribution in [2.75, 3.05) is 57.7 Å². The maximum Gasteiger partial charge on any atom is 0.260 e. The first kappa shape index (κ1) is 24.9. The summed E-state index contributed by atoms with van der Waals surface area (Å²) in [6, 6.07) is 13.6. The molecule has 0 atom stereocenters. The van der Waals surface area contributed by atoms with Gasteiger partial charge in [-0.3, -0.25) is 9.69 Å². The van der Waals surface area contributed by atoms with Gasteiger partial charge in [-0.15, -0.1) is 12.4 Å². The number of amides is 1. The van der Waals surface area contributed by atoms with Crippen molar-refractivity contribution in [1.29, 1.82) is 0 Å². The Kier molecular flexibility index (Phi) is 9.10. The van der Waals surface area contributed by atoms with Gasteiger partial charge in [0.15, 0.2) is 5.13 Å². The zero-order valence-corrected chi connectivity index (χ0v) is 20.4. The second kappa shape index (κ2) is 11.3. The average molecular weight is 463 g/mol. The van der Waals surface area contributed by atoms with E-state index in [1.54, 1.807) is 4.90 Å². The molecule has 1 heterocycles. The van der Waals surface area contributed by atoms with E-state index in [0.29, 0.717) is 18.7 Å². The van der Waals surface area contributed by atoms with E-state index in [9.17, 15) is 4.79 Å². The molecule has 0 aliphatic heterocycles. The molecule has 0 spiro atoms. The van der Waals surface area contributed by atoms with Crippen LogP contribution in [0.4, 0.5) is 10.8 Å². The van der Waals surface area contributed by atoms with Crippen molar-refractivity contribution in [2.45, 2.75) is 13.3 Å². The molecular weight excluding hydrogens is 432 g/mol. The van der Waals surface area contributed by atoms with Crippen molar-refractivity contribution < 1.29 is 9.53 Å². The lowest BCUT2D eigenvalue weighted by atomic mass is 10.1. The highest BCUT2D eigenvalue weighted by Gasteiger charge is 2.21. The minimum Gasteiger partial charge on any atom is -0.494 e. The summed E-state index contributed by atoms with van der Waals surface area (Å²) in [5, 5.41) is 0.721. The van der Waals surface area contributed by atoms with Crippen molar-refractivity contribution >= 4 is 50.7 Å². The first-order chi connectivity index (χ1) is 14.4. The van der Waals surface area contributed by atoms with Crippen LogP contribution in [0, 0.1) is 0 Å². The molecule has 0 fully saturated rings. The summed E-state index contributed by atoms with van der Waals surface area (Å²) in [5.41, 5.74) is 2.61. The fourth-order valence-corrected chi connectivity index (χ4v) is 4.17. The van der Waals surface area contributed by atoms with Crippen LogP contribution in [0.2, 0.25) is 0 Å². The lowest BCUT2D eigenvalue weighted by molar-refractivity contribution is 0.0986. The summed E-state index contributed by atoms with van der Waals surface area (Å²) >= 11 is 1.53. The Morgan fingerprint density at radius 3 is 2.35 bits per heavy atom. The van der Waals surface area contributed by atoms with Crippen LogP contribution in [0.15, 0.2) is 42.5 Å². The van der Waals surface area contributed by atoms with E-state index in [4.69, 9.17) is 9.72 Å². The van der Waals surface area contributed by atoms with Crippen LogP contribution in [-0.4, -0.2) is 63.7 Å². The number of benzene rings is 2. The second-order valence-corrected chi connectivity index (χ2v) is 8.62. The Morgan fingerprint density at radius 1 is 1.03 bits per heavy atom. The van der Waals surface area contributed by atoms with Crippen LogP contribution >= 0.6 is 23.7 Å². The van der Waals surface area contributed by atoms with Gasteiger partial charge in [-0.2, -0.15) is 0 Å². The fraction of sp³-hybridized carbons (Fsp3) is 0.391. The quantitative estimate of drug-likeness (QED) is 0.458. The van der Waals surface area contributed by atoms with Gasteiger partial charge in [-0.05, 0) is 76.4 Å². The van der Waals surface area contributed by atoms with Crippen LogP contribution in [0.1, 0.15) is 23.7 Å². The molecule has 0 bridgehead atoms. The predicted octanol–water partition coefficient (Wildman–Crippen LogP) is 4.78. The topological polar surface area (TPSA) is 48.9 Å². The number of thiazole rings is 1. The number of aromatic nitrogens is 1.